The van der Waals surface area contributed by atoms with Gasteiger partial charge < -0.3 is 15.7 Å². The fourth-order valence-corrected chi connectivity index (χ4v) is 6.30. The van der Waals surface area contributed by atoms with E-state index in [0.717, 1.165) is 47.3 Å². The third-order valence-electron chi connectivity index (χ3n) is 8.40. The van der Waals surface area contributed by atoms with Crippen LogP contribution in [0.3, 0.4) is 0 Å². The van der Waals surface area contributed by atoms with Crippen LogP contribution in [0, 0.1) is 19.3 Å². The average Bonchev–Trinajstić information content (AvgIpc) is 3.28. The number of aryl methyl sites for hydroxylation is 2. The molecule has 9 nitrogen and oxygen atoms in total. The summed E-state index contributed by atoms with van der Waals surface area (Å²) in [5.74, 6) is -0.677. The van der Waals surface area contributed by atoms with Gasteiger partial charge in [-0.3, -0.25) is 14.3 Å². The highest BCUT2D eigenvalue weighted by Crippen LogP contribution is 2.64. The molecule has 2 aromatic carbocycles. The normalized spacial score (nSPS) is 17.6. The number of anilines is 1. The SMILES string of the molecule is Cc1nn(CO)c(C)c1-c1ccc(NC(=O)[C@@H](NC(=O)c2ccnn2C)C2c3ccccc3CC23CC3)cc1. The van der Waals surface area contributed by atoms with Crippen LogP contribution >= 0.6 is 0 Å². The van der Waals surface area contributed by atoms with Crippen molar-refractivity contribution in [3.63, 3.8) is 0 Å². The minimum Gasteiger partial charge on any atom is -0.374 e. The monoisotopic (exact) mass is 524 g/mol. The van der Waals surface area contributed by atoms with Crippen LogP contribution in [0.4, 0.5) is 5.69 Å². The van der Waals surface area contributed by atoms with Gasteiger partial charge in [0.25, 0.3) is 5.91 Å². The Morgan fingerprint density at radius 1 is 1.10 bits per heavy atom. The topological polar surface area (TPSA) is 114 Å². The van der Waals surface area contributed by atoms with Crippen LogP contribution in [0.2, 0.25) is 0 Å². The second-order valence-corrected chi connectivity index (χ2v) is 10.8. The lowest BCUT2D eigenvalue weighted by Gasteiger charge is -2.29. The number of aliphatic hydroxyl groups is 1. The van der Waals surface area contributed by atoms with Gasteiger partial charge in [0.1, 0.15) is 18.5 Å². The van der Waals surface area contributed by atoms with Crippen LogP contribution in [0.5, 0.6) is 0 Å². The number of amides is 2. The summed E-state index contributed by atoms with van der Waals surface area (Å²) in [5.41, 5.74) is 7.05. The van der Waals surface area contributed by atoms with Crippen molar-refractivity contribution in [2.24, 2.45) is 12.5 Å². The molecule has 4 aromatic rings. The molecule has 39 heavy (non-hydrogen) atoms. The number of carbonyl (C=O) groups excluding carboxylic acids is 2. The maximum Gasteiger partial charge on any atom is 0.270 e. The molecule has 2 aliphatic carbocycles. The molecule has 2 heterocycles. The molecule has 6 rings (SSSR count). The zero-order chi connectivity index (χ0) is 27.3. The Morgan fingerprint density at radius 2 is 1.85 bits per heavy atom. The number of carbonyl (C=O) groups is 2. The zero-order valence-corrected chi connectivity index (χ0v) is 22.3. The predicted molar refractivity (Wildman–Crippen MR) is 147 cm³/mol. The molecule has 1 spiro atoms. The molecule has 2 aromatic heterocycles. The third kappa shape index (κ3) is 4.32. The number of hydrogen-bond donors (Lipinski definition) is 3. The highest BCUT2D eigenvalue weighted by Gasteiger charge is 2.58. The lowest BCUT2D eigenvalue weighted by Crippen LogP contribution is -2.49. The summed E-state index contributed by atoms with van der Waals surface area (Å²) in [7, 11) is 1.71. The molecule has 1 unspecified atom stereocenters. The average molecular weight is 525 g/mol. The van der Waals surface area contributed by atoms with Crippen molar-refractivity contribution in [2.75, 3.05) is 5.32 Å². The van der Waals surface area contributed by atoms with Gasteiger partial charge >= 0.3 is 0 Å². The van der Waals surface area contributed by atoms with Gasteiger partial charge in [0.2, 0.25) is 5.91 Å². The Labute approximate surface area is 226 Å². The fraction of sp³-hybridized carbons (Fsp3) is 0.333. The van der Waals surface area contributed by atoms with Gasteiger partial charge in [-0.2, -0.15) is 10.2 Å². The highest BCUT2D eigenvalue weighted by atomic mass is 16.3. The van der Waals surface area contributed by atoms with Crippen molar-refractivity contribution in [3.8, 4) is 11.1 Å². The van der Waals surface area contributed by atoms with Crippen LogP contribution in [0.15, 0.2) is 60.8 Å². The van der Waals surface area contributed by atoms with E-state index < -0.39 is 6.04 Å². The summed E-state index contributed by atoms with van der Waals surface area (Å²) < 4.78 is 3.07. The van der Waals surface area contributed by atoms with Gasteiger partial charge in [-0.05, 0) is 73.4 Å². The maximum absolute atomic E-state index is 13.9. The van der Waals surface area contributed by atoms with Crippen LogP contribution in [0.25, 0.3) is 11.1 Å². The summed E-state index contributed by atoms with van der Waals surface area (Å²) >= 11 is 0. The molecule has 2 amide bonds. The minimum absolute atomic E-state index is 0.00277. The van der Waals surface area contributed by atoms with Gasteiger partial charge in [-0.15, -0.1) is 0 Å². The smallest absolute Gasteiger partial charge is 0.270 e. The number of aromatic nitrogens is 4. The first kappa shape index (κ1) is 25.1. The maximum atomic E-state index is 13.9. The molecule has 0 aliphatic heterocycles. The highest BCUT2D eigenvalue weighted by molar-refractivity contribution is 6.01. The van der Waals surface area contributed by atoms with Crippen LogP contribution in [-0.4, -0.2) is 42.5 Å². The molecule has 0 saturated heterocycles. The Balaban J connectivity index is 1.30. The zero-order valence-electron chi connectivity index (χ0n) is 22.3. The van der Waals surface area contributed by atoms with E-state index in [4.69, 9.17) is 0 Å². The predicted octanol–water partition coefficient (Wildman–Crippen LogP) is 3.71. The van der Waals surface area contributed by atoms with E-state index >= 15 is 0 Å². The fourth-order valence-electron chi connectivity index (χ4n) is 6.30. The molecule has 1 saturated carbocycles. The Hall–Kier alpha value is -4.24. The minimum atomic E-state index is -0.745. The summed E-state index contributed by atoms with van der Waals surface area (Å²) in [6, 6.07) is 16.8. The Kier molecular flexibility index (Phi) is 6.10. The molecule has 0 radical (unpaired) electrons. The number of benzene rings is 2. The van der Waals surface area contributed by atoms with Gasteiger partial charge in [0.05, 0.1) is 5.69 Å². The Morgan fingerprint density at radius 3 is 2.49 bits per heavy atom. The summed E-state index contributed by atoms with van der Waals surface area (Å²) in [4.78, 5) is 27.2. The van der Waals surface area contributed by atoms with Crippen LogP contribution in [0.1, 0.15) is 51.8 Å². The summed E-state index contributed by atoms with van der Waals surface area (Å²) in [6.07, 6.45) is 4.57. The summed E-state index contributed by atoms with van der Waals surface area (Å²) in [6.45, 7) is 3.65. The number of aliphatic hydroxyl groups excluding tert-OH is 1. The first-order chi connectivity index (χ1) is 18.8. The van der Waals surface area contributed by atoms with Gasteiger partial charge in [0.15, 0.2) is 0 Å². The van der Waals surface area contributed by atoms with E-state index in [0.29, 0.717) is 11.4 Å². The quantitative estimate of drug-likeness (QED) is 0.341. The molecular formula is C30H32N6O3. The van der Waals surface area contributed by atoms with Crippen molar-refractivity contribution < 1.29 is 14.7 Å². The van der Waals surface area contributed by atoms with Crippen molar-refractivity contribution in [2.45, 2.75) is 51.8 Å². The van der Waals surface area contributed by atoms with E-state index in [9.17, 15) is 14.7 Å². The van der Waals surface area contributed by atoms with E-state index in [1.165, 1.54) is 10.2 Å². The lowest BCUT2D eigenvalue weighted by atomic mass is 9.82. The van der Waals surface area contributed by atoms with E-state index in [2.05, 4.69) is 33.0 Å². The molecule has 2 aliphatic rings. The number of nitrogens with one attached hydrogen (secondary N) is 2. The first-order valence-electron chi connectivity index (χ1n) is 13.2. The standard InChI is InChI=1S/C30H32N6O3/c1-18-25(19(2)36(17-37)34-18)20-8-10-22(11-9-20)32-29(39)27(33-28(38)24-12-15-31-35(24)3)26-23-7-5-4-6-21(23)16-30(26)13-14-30/h4-12,15,26-27,37H,13-14,16-17H2,1-3H3,(H,32,39)(H,33,38)/t26?,27-/m0/s1. The number of hydrogen-bond acceptors (Lipinski definition) is 5. The van der Waals surface area contributed by atoms with E-state index in [1.54, 1.807) is 24.0 Å². The second-order valence-electron chi connectivity index (χ2n) is 10.8. The molecule has 2 atom stereocenters. The largest absolute Gasteiger partial charge is 0.374 e. The number of nitrogens with zero attached hydrogens (tertiary/aromatic N) is 4. The molecule has 9 heteroatoms. The number of rotatable bonds is 7. The third-order valence-corrected chi connectivity index (χ3v) is 8.40. The summed E-state index contributed by atoms with van der Waals surface area (Å²) in [5, 5.41) is 24.2. The Bertz CT molecular complexity index is 1560. The van der Waals surface area contributed by atoms with E-state index in [-0.39, 0.29) is 29.9 Å². The second kappa shape index (κ2) is 9.50. The van der Waals surface area contributed by atoms with Crippen molar-refractivity contribution in [1.82, 2.24) is 24.9 Å². The van der Waals surface area contributed by atoms with Crippen LogP contribution in [-0.2, 0) is 25.0 Å². The van der Waals surface area contributed by atoms with Crippen molar-refractivity contribution in [1.29, 1.82) is 0 Å². The van der Waals surface area contributed by atoms with Gasteiger partial charge in [0, 0.05) is 36.1 Å². The first-order valence-corrected chi connectivity index (χ1v) is 13.2. The molecule has 1 fully saturated rings. The van der Waals surface area contributed by atoms with Gasteiger partial charge in [-0.25, -0.2) is 4.68 Å². The van der Waals surface area contributed by atoms with E-state index in [1.807, 2.05) is 50.2 Å². The molecule has 3 N–H and O–H groups in total. The van der Waals surface area contributed by atoms with Crippen molar-refractivity contribution >= 4 is 17.5 Å². The number of fused-ring (bicyclic) bond motifs is 1. The lowest BCUT2D eigenvalue weighted by molar-refractivity contribution is -0.118. The molecule has 0 bridgehead atoms. The van der Waals surface area contributed by atoms with Crippen molar-refractivity contribution in [3.05, 3.63) is 89.0 Å². The van der Waals surface area contributed by atoms with Crippen LogP contribution < -0.4 is 10.6 Å². The molecule has 200 valence electrons. The van der Waals surface area contributed by atoms with Gasteiger partial charge in [-0.1, -0.05) is 36.4 Å². The molecular weight excluding hydrogens is 492 g/mol.